The lowest BCUT2D eigenvalue weighted by Gasteiger charge is -2.40. The molecule has 6 heteroatoms. The number of piperazine rings is 1. The third-order valence-corrected chi connectivity index (χ3v) is 4.34. The minimum Gasteiger partial charge on any atom is -0.350 e. The Balaban J connectivity index is 1.56. The molecular weight excluding hydrogens is 285 g/mol. The molecule has 1 aliphatic carbocycles. The Hall–Kier alpha value is -1.95. The van der Waals surface area contributed by atoms with Crippen molar-refractivity contribution in [1.29, 1.82) is 0 Å². The van der Waals surface area contributed by atoms with Crippen molar-refractivity contribution in [2.75, 3.05) is 5.32 Å². The molecule has 3 rings (SSSR count). The van der Waals surface area contributed by atoms with E-state index in [1.807, 2.05) is 0 Å². The minimum absolute atomic E-state index is 0.0758. The zero-order valence-electron chi connectivity index (χ0n) is 12.3. The first-order valence-electron chi connectivity index (χ1n) is 7.73. The van der Waals surface area contributed by atoms with Crippen molar-refractivity contribution >= 4 is 17.5 Å². The van der Waals surface area contributed by atoms with Crippen LogP contribution in [0, 0.1) is 5.82 Å². The maximum absolute atomic E-state index is 12.8. The highest BCUT2D eigenvalue weighted by atomic mass is 19.1. The van der Waals surface area contributed by atoms with E-state index < -0.39 is 6.04 Å². The number of carbonyl (C=O) groups excluding carboxylic acids is 2. The predicted molar refractivity (Wildman–Crippen MR) is 80.8 cm³/mol. The van der Waals surface area contributed by atoms with Crippen molar-refractivity contribution < 1.29 is 14.0 Å². The number of hydrogen-bond donors (Lipinski definition) is 3. The van der Waals surface area contributed by atoms with Gasteiger partial charge >= 0.3 is 0 Å². The van der Waals surface area contributed by atoms with Crippen LogP contribution >= 0.6 is 0 Å². The summed E-state index contributed by atoms with van der Waals surface area (Å²) in [6.45, 7) is 0. The van der Waals surface area contributed by atoms with Gasteiger partial charge in [0.25, 0.3) is 0 Å². The number of rotatable bonds is 3. The fraction of sp³-hybridized carbons (Fsp3) is 0.500. The minimum atomic E-state index is -0.500. The molecule has 2 aliphatic rings. The molecular formula is C16H20FN3O2. The van der Waals surface area contributed by atoms with Gasteiger partial charge in [-0.1, -0.05) is 12.8 Å². The van der Waals surface area contributed by atoms with Crippen molar-refractivity contribution in [2.24, 2.45) is 0 Å². The quantitative estimate of drug-likeness (QED) is 0.793. The van der Waals surface area contributed by atoms with E-state index in [1.54, 1.807) is 0 Å². The Bertz CT molecular complexity index is 561. The van der Waals surface area contributed by atoms with E-state index in [0.717, 1.165) is 25.7 Å². The summed E-state index contributed by atoms with van der Waals surface area (Å²) in [6.07, 6.45) is 4.39. The summed E-state index contributed by atoms with van der Waals surface area (Å²) in [7, 11) is 0. The highest BCUT2D eigenvalue weighted by Crippen LogP contribution is 2.22. The number of hydrogen-bond acceptors (Lipinski definition) is 3. The van der Waals surface area contributed by atoms with Crippen LogP contribution in [0.4, 0.5) is 10.1 Å². The first kappa shape index (κ1) is 15.0. The molecule has 1 heterocycles. The van der Waals surface area contributed by atoms with Gasteiger partial charge in [-0.05, 0) is 37.1 Å². The maximum atomic E-state index is 12.8. The maximum Gasteiger partial charge on any atom is 0.237 e. The van der Waals surface area contributed by atoms with E-state index in [4.69, 9.17) is 0 Å². The van der Waals surface area contributed by atoms with Crippen LogP contribution in [0.2, 0.25) is 0 Å². The van der Waals surface area contributed by atoms with Crippen molar-refractivity contribution in [1.82, 2.24) is 10.6 Å². The second-order valence-corrected chi connectivity index (χ2v) is 5.98. The van der Waals surface area contributed by atoms with Gasteiger partial charge in [0, 0.05) is 17.8 Å². The molecule has 1 aromatic rings. The molecule has 3 atom stereocenters. The van der Waals surface area contributed by atoms with E-state index in [0.29, 0.717) is 5.69 Å². The number of anilines is 1. The Labute approximate surface area is 128 Å². The van der Waals surface area contributed by atoms with Crippen LogP contribution < -0.4 is 16.0 Å². The van der Waals surface area contributed by atoms with Crippen molar-refractivity contribution in [3.05, 3.63) is 30.1 Å². The van der Waals surface area contributed by atoms with Crippen molar-refractivity contribution in [3.8, 4) is 0 Å². The zero-order valence-corrected chi connectivity index (χ0v) is 12.3. The summed E-state index contributed by atoms with van der Waals surface area (Å²) in [5, 5.41) is 9.00. The molecule has 3 N–H and O–H groups in total. The van der Waals surface area contributed by atoms with E-state index in [1.165, 1.54) is 24.3 Å². The summed E-state index contributed by atoms with van der Waals surface area (Å²) in [5.41, 5.74) is 0.526. The average molecular weight is 305 g/mol. The SMILES string of the molecule is O=C(C[C@H]1N[C@H]2CCCC[C@@H]2NC1=O)Nc1ccc(F)cc1. The Morgan fingerprint density at radius 2 is 1.86 bits per heavy atom. The van der Waals surface area contributed by atoms with Gasteiger partial charge in [0.15, 0.2) is 0 Å². The third-order valence-electron chi connectivity index (χ3n) is 4.34. The highest BCUT2D eigenvalue weighted by molar-refractivity contribution is 5.95. The summed E-state index contributed by atoms with van der Waals surface area (Å²) >= 11 is 0. The van der Waals surface area contributed by atoms with Crippen molar-refractivity contribution in [3.63, 3.8) is 0 Å². The van der Waals surface area contributed by atoms with Gasteiger partial charge in [0.1, 0.15) is 5.82 Å². The van der Waals surface area contributed by atoms with Gasteiger partial charge in [0.05, 0.1) is 12.5 Å². The number of fused-ring (bicyclic) bond motifs is 1. The molecule has 1 aliphatic heterocycles. The molecule has 22 heavy (non-hydrogen) atoms. The van der Waals surface area contributed by atoms with Gasteiger partial charge in [0.2, 0.25) is 11.8 Å². The highest BCUT2D eigenvalue weighted by Gasteiger charge is 2.36. The smallest absolute Gasteiger partial charge is 0.237 e. The monoisotopic (exact) mass is 305 g/mol. The van der Waals surface area contributed by atoms with Gasteiger partial charge in [-0.15, -0.1) is 0 Å². The molecule has 1 saturated carbocycles. The van der Waals surface area contributed by atoms with Crippen LogP contribution in [0.25, 0.3) is 0 Å². The summed E-state index contributed by atoms with van der Waals surface area (Å²) in [5.74, 6) is -0.722. The third kappa shape index (κ3) is 3.44. The molecule has 0 bridgehead atoms. The van der Waals surface area contributed by atoms with Crippen LogP contribution in [-0.2, 0) is 9.59 Å². The first-order chi connectivity index (χ1) is 10.6. The molecule has 1 saturated heterocycles. The normalized spacial score (nSPS) is 27.7. The second kappa shape index (κ2) is 6.44. The fourth-order valence-corrected chi connectivity index (χ4v) is 3.20. The fourth-order valence-electron chi connectivity index (χ4n) is 3.20. The zero-order chi connectivity index (χ0) is 15.5. The molecule has 5 nitrogen and oxygen atoms in total. The standard InChI is InChI=1S/C16H20FN3O2/c17-10-5-7-11(8-6-10)18-15(21)9-14-16(22)20-13-4-2-1-3-12(13)19-14/h5-8,12-14,19H,1-4,9H2,(H,18,21)(H,20,22)/t12-,13-,14+/m0/s1. The number of nitrogens with one attached hydrogen (secondary N) is 3. The molecule has 2 amide bonds. The first-order valence-corrected chi connectivity index (χ1v) is 7.73. The second-order valence-electron chi connectivity index (χ2n) is 5.98. The molecule has 2 fully saturated rings. The van der Waals surface area contributed by atoms with E-state index >= 15 is 0 Å². The number of benzene rings is 1. The van der Waals surface area contributed by atoms with Crippen LogP contribution in [0.3, 0.4) is 0 Å². The molecule has 0 radical (unpaired) electrons. The Morgan fingerprint density at radius 1 is 1.18 bits per heavy atom. The lowest BCUT2D eigenvalue weighted by Crippen LogP contribution is -2.65. The molecule has 0 spiro atoms. The van der Waals surface area contributed by atoms with Crippen LogP contribution in [0.1, 0.15) is 32.1 Å². The van der Waals surface area contributed by atoms with Crippen LogP contribution in [0.5, 0.6) is 0 Å². The molecule has 1 aromatic carbocycles. The van der Waals surface area contributed by atoms with Crippen LogP contribution in [0.15, 0.2) is 24.3 Å². The average Bonchev–Trinajstić information content (AvgIpc) is 2.50. The largest absolute Gasteiger partial charge is 0.350 e. The van der Waals surface area contributed by atoms with Gasteiger partial charge < -0.3 is 16.0 Å². The molecule has 118 valence electrons. The van der Waals surface area contributed by atoms with E-state index in [-0.39, 0.29) is 36.1 Å². The van der Waals surface area contributed by atoms with Gasteiger partial charge in [-0.3, -0.25) is 9.59 Å². The Morgan fingerprint density at radius 3 is 2.59 bits per heavy atom. The number of halogens is 1. The lowest BCUT2D eigenvalue weighted by molar-refractivity contribution is -0.129. The van der Waals surface area contributed by atoms with Crippen LogP contribution in [-0.4, -0.2) is 29.9 Å². The number of carbonyl (C=O) groups is 2. The van der Waals surface area contributed by atoms with E-state index in [9.17, 15) is 14.0 Å². The summed E-state index contributed by atoms with van der Waals surface area (Å²) < 4.78 is 12.8. The topological polar surface area (TPSA) is 70.2 Å². The lowest BCUT2D eigenvalue weighted by atomic mass is 9.87. The van der Waals surface area contributed by atoms with E-state index in [2.05, 4.69) is 16.0 Å². The summed E-state index contributed by atoms with van der Waals surface area (Å²) in [4.78, 5) is 24.1. The van der Waals surface area contributed by atoms with Gasteiger partial charge in [-0.2, -0.15) is 0 Å². The molecule has 0 aromatic heterocycles. The van der Waals surface area contributed by atoms with Gasteiger partial charge in [-0.25, -0.2) is 4.39 Å². The summed E-state index contributed by atoms with van der Waals surface area (Å²) in [6, 6.07) is 5.52. The Kier molecular flexibility index (Phi) is 4.38. The molecule has 0 unspecified atom stereocenters. The number of amides is 2. The van der Waals surface area contributed by atoms with Crippen molar-refractivity contribution in [2.45, 2.75) is 50.2 Å². The predicted octanol–water partition coefficient (Wildman–Crippen LogP) is 1.55.